The number of nitrogens with zero attached hydrogens (tertiary/aromatic N) is 1. The molecule has 0 radical (unpaired) electrons. The van der Waals surface area contributed by atoms with Crippen molar-refractivity contribution in [1.82, 2.24) is 4.57 Å². The number of hydrogen-bond acceptors (Lipinski definition) is 1. The van der Waals surface area contributed by atoms with Crippen LogP contribution in [0.4, 0.5) is 0 Å². The number of hydrogen-bond donors (Lipinski definition) is 1. The molecule has 1 heterocycles. The van der Waals surface area contributed by atoms with Gasteiger partial charge in [-0.1, -0.05) is 25.5 Å². The highest BCUT2D eigenvalue weighted by Crippen LogP contribution is 2.29. The van der Waals surface area contributed by atoms with Gasteiger partial charge in [-0.2, -0.15) is 0 Å². The van der Waals surface area contributed by atoms with Crippen LogP contribution in [0, 0.1) is 13.8 Å². The molecule has 1 aromatic heterocycles. The molecular formula is C17H26N2. The molecule has 0 fully saturated rings. The summed E-state index contributed by atoms with van der Waals surface area (Å²) in [4.78, 5) is 0. The lowest BCUT2D eigenvalue weighted by atomic mass is 10.0. The number of benzene rings is 1. The van der Waals surface area contributed by atoms with Gasteiger partial charge < -0.3 is 10.3 Å². The first-order valence-corrected chi connectivity index (χ1v) is 7.47. The Labute approximate surface area is 116 Å². The Bertz CT molecular complexity index is 504. The van der Waals surface area contributed by atoms with Crippen LogP contribution in [0.5, 0.6) is 0 Å². The van der Waals surface area contributed by atoms with Gasteiger partial charge in [-0.05, 0) is 56.3 Å². The summed E-state index contributed by atoms with van der Waals surface area (Å²) in [7, 11) is 0. The first-order chi connectivity index (χ1) is 9.19. The third-order valence-corrected chi connectivity index (χ3v) is 3.91. The molecule has 104 valence electrons. The van der Waals surface area contributed by atoms with Gasteiger partial charge in [0.1, 0.15) is 0 Å². The second kappa shape index (κ2) is 6.25. The molecule has 2 heteroatoms. The zero-order chi connectivity index (χ0) is 13.8. The van der Waals surface area contributed by atoms with E-state index in [1.807, 2.05) is 0 Å². The molecule has 2 rings (SSSR count). The summed E-state index contributed by atoms with van der Waals surface area (Å²) in [6, 6.07) is 4.49. The average Bonchev–Trinajstić information content (AvgIpc) is 2.78. The van der Waals surface area contributed by atoms with Crippen molar-refractivity contribution in [2.45, 2.75) is 53.0 Å². The van der Waals surface area contributed by atoms with Crippen molar-refractivity contribution in [3.63, 3.8) is 0 Å². The molecule has 0 bridgehead atoms. The molecule has 19 heavy (non-hydrogen) atoms. The van der Waals surface area contributed by atoms with Crippen LogP contribution in [-0.2, 0) is 13.0 Å². The lowest BCUT2D eigenvalue weighted by Gasteiger charge is -2.08. The molecule has 0 aliphatic carbocycles. The van der Waals surface area contributed by atoms with Gasteiger partial charge in [-0.15, -0.1) is 0 Å². The SMILES string of the molecule is CCCCn1cc(CCCN)c2c(C)ccc(C)c21. The van der Waals surface area contributed by atoms with Gasteiger partial charge in [-0.3, -0.25) is 0 Å². The van der Waals surface area contributed by atoms with E-state index in [1.165, 1.54) is 40.4 Å². The quantitative estimate of drug-likeness (QED) is 0.835. The third kappa shape index (κ3) is 2.84. The summed E-state index contributed by atoms with van der Waals surface area (Å²) in [5, 5.41) is 1.46. The normalized spacial score (nSPS) is 11.4. The summed E-state index contributed by atoms with van der Waals surface area (Å²) >= 11 is 0. The standard InChI is InChI=1S/C17H26N2/c1-4-5-11-19-12-15(7-6-10-18)16-13(2)8-9-14(3)17(16)19/h8-9,12H,4-7,10-11,18H2,1-3H3. The Balaban J connectivity index is 2.52. The van der Waals surface area contributed by atoms with Crippen LogP contribution in [0.25, 0.3) is 10.9 Å². The van der Waals surface area contributed by atoms with Crippen LogP contribution in [0.15, 0.2) is 18.3 Å². The van der Waals surface area contributed by atoms with Crippen LogP contribution in [0.2, 0.25) is 0 Å². The fourth-order valence-corrected chi connectivity index (χ4v) is 2.88. The van der Waals surface area contributed by atoms with Gasteiger partial charge in [0.25, 0.3) is 0 Å². The number of fused-ring (bicyclic) bond motifs is 1. The van der Waals surface area contributed by atoms with Crippen molar-refractivity contribution < 1.29 is 0 Å². The second-order valence-corrected chi connectivity index (χ2v) is 5.52. The zero-order valence-electron chi connectivity index (χ0n) is 12.5. The van der Waals surface area contributed by atoms with Gasteiger partial charge >= 0.3 is 0 Å². The van der Waals surface area contributed by atoms with E-state index in [9.17, 15) is 0 Å². The highest BCUT2D eigenvalue weighted by molar-refractivity contribution is 5.89. The topological polar surface area (TPSA) is 30.9 Å². The molecular weight excluding hydrogens is 232 g/mol. The molecule has 2 nitrogen and oxygen atoms in total. The fourth-order valence-electron chi connectivity index (χ4n) is 2.88. The number of rotatable bonds is 6. The maximum atomic E-state index is 5.67. The molecule has 0 unspecified atom stereocenters. The number of aromatic nitrogens is 1. The van der Waals surface area contributed by atoms with Crippen molar-refractivity contribution >= 4 is 10.9 Å². The zero-order valence-corrected chi connectivity index (χ0v) is 12.5. The summed E-state index contributed by atoms with van der Waals surface area (Å²) < 4.78 is 2.45. The van der Waals surface area contributed by atoms with Crippen molar-refractivity contribution in [3.8, 4) is 0 Å². The minimum atomic E-state index is 0.770. The van der Waals surface area contributed by atoms with Gasteiger partial charge in [0.15, 0.2) is 0 Å². The van der Waals surface area contributed by atoms with E-state index in [0.717, 1.165) is 25.9 Å². The molecule has 0 saturated carbocycles. The summed E-state index contributed by atoms with van der Waals surface area (Å²) in [5.74, 6) is 0. The maximum absolute atomic E-state index is 5.67. The van der Waals surface area contributed by atoms with Gasteiger partial charge in [0.05, 0.1) is 5.52 Å². The Hall–Kier alpha value is -1.28. The summed E-state index contributed by atoms with van der Waals surface area (Å²) in [6.45, 7) is 8.58. The highest BCUT2D eigenvalue weighted by atomic mass is 15.0. The van der Waals surface area contributed by atoms with Gasteiger partial charge in [-0.25, -0.2) is 0 Å². The first-order valence-electron chi connectivity index (χ1n) is 7.47. The van der Waals surface area contributed by atoms with Gasteiger partial charge in [0.2, 0.25) is 0 Å². The van der Waals surface area contributed by atoms with Crippen molar-refractivity contribution in [3.05, 3.63) is 35.0 Å². The largest absolute Gasteiger partial charge is 0.347 e. The molecule has 0 amide bonds. The maximum Gasteiger partial charge on any atom is 0.0515 e. The lowest BCUT2D eigenvalue weighted by Crippen LogP contribution is -2.00. The first kappa shape index (κ1) is 14.1. The van der Waals surface area contributed by atoms with E-state index in [0.29, 0.717) is 0 Å². The molecule has 0 aliphatic heterocycles. The van der Waals surface area contributed by atoms with Crippen LogP contribution >= 0.6 is 0 Å². The van der Waals surface area contributed by atoms with Crippen LogP contribution in [0.3, 0.4) is 0 Å². The van der Waals surface area contributed by atoms with Crippen LogP contribution < -0.4 is 5.73 Å². The molecule has 0 saturated heterocycles. The number of unbranched alkanes of at least 4 members (excludes halogenated alkanes) is 1. The van der Waals surface area contributed by atoms with E-state index in [2.05, 4.69) is 43.7 Å². The molecule has 0 aliphatic rings. The molecule has 2 N–H and O–H groups in total. The Morgan fingerprint density at radius 2 is 1.84 bits per heavy atom. The highest BCUT2D eigenvalue weighted by Gasteiger charge is 2.12. The van der Waals surface area contributed by atoms with E-state index >= 15 is 0 Å². The number of aryl methyl sites for hydroxylation is 4. The average molecular weight is 258 g/mol. The minimum Gasteiger partial charge on any atom is -0.347 e. The molecule has 2 aromatic rings. The predicted octanol–water partition coefficient (Wildman–Crippen LogP) is 3.95. The van der Waals surface area contributed by atoms with E-state index < -0.39 is 0 Å². The van der Waals surface area contributed by atoms with Gasteiger partial charge in [0, 0.05) is 18.1 Å². The third-order valence-electron chi connectivity index (χ3n) is 3.91. The van der Waals surface area contributed by atoms with Crippen molar-refractivity contribution in [2.75, 3.05) is 6.54 Å². The minimum absolute atomic E-state index is 0.770. The number of nitrogens with two attached hydrogens (primary N) is 1. The Morgan fingerprint density at radius 1 is 1.11 bits per heavy atom. The van der Waals surface area contributed by atoms with Crippen LogP contribution in [0.1, 0.15) is 42.9 Å². The summed E-state index contributed by atoms with van der Waals surface area (Å²) in [5.41, 5.74) is 11.3. The fraction of sp³-hybridized carbons (Fsp3) is 0.529. The predicted molar refractivity (Wildman–Crippen MR) is 83.7 cm³/mol. The lowest BCUT2D eigenvalue weighted by molar-refractivity contribution is 0.647. The summed E-state index contributed by atoms with van der Waals surface area (Å²) in [6.07, 6.45) is 7.00. The van der Waals surface area contributed by atoms with Crippen molar-refractivity contribution in [2.24, 2.45) is 5.73 Å². The second-order valence-electron chi connectivity index (χ2n) is 5.52. The van der Waals surface area contributed by atoms with E-state index in [-0.39, 0.29) is 0 Å². The van der Waals surface area contributed by atoms with Crippen LogP contribution in [-0.4, -0.2) is 11.1 Å². The Morgan fingerprint density at radius 3 is 2.53 bits per heavy atom. The van der Waals surface area contributed by atoms with Crippen molar-refractivity contribution in [1.29, 1.82) is 0 Å². The van der Waals surface area contributed by atoms with E-state index in [1.54, 1.807) is 0 Å². The molecule has 0 atom stereocenters. The smallest absolute Gasteiger partial charge is 0.0515 e. The molecule has 0 spiro atoms. The Kier molecular flexibility index (Phi) is 4.65. The molecule has 1 aromatic carbocycles. The monoisotopic (exact) mass is 258 g/mol. The van der Waals surface area contributed by atoms with E-state index in [4.69, 9.17) is 5.73 Å².